The van der Waals surface area contributed by atoms with Gasteiger partial charge in [0.2, 0.25) is 0 Å². The van der Waals surface area contributed by atoms with E-state index in [2.05, 4.69) is 5.32 Å². The van der Waals surface area contributed by atoms with Crippen LogP contribution in [-0.2, 0) is 6.54 Å². The molecular formula is C26H23FN4O2. The molecule has 0 aliphatic heterocycles. The maximum atomic E-state index is 13.8. The fraction of sp³-hybridized carbons (Fsp3) is 0.115. The van der Waals surface area contributed by atoms with Crippen LogP contribution < -0.4 is 11.1 Å². The number of anilines is 1. The zero-order valence-electron chi connectivity index (χ0n) is 18.3. The third-order valence-corrected chi connectivity index (χ3v) is 5.46. The summed E-state index contributed by atoms with van der Waals surface area (Å²) in [5.41, 5.74) is 10.2. The van der Waals surface area contributed by atoms with Crippen LogP contribution in [0.5, 0.6) is 0 Å². The van der Waals surface area contributed by atoms with E-state index < -0.39 is 17.6 Å². The van der Waals surface area contributed by atoms with Gasteiger partial charge >= 0.3 is 0 Å². The van der Waals surface area contributed by atoms with Crippen LogP contribution in [0.1, 0.15) is 37.4 Å². The molecule has 7 heteroatoms. The van der Waals surface area contributed by atoms with Crippen LogP contribution >= 0.6 is 0 Å². The van der Waals surface area contributed by atoms with Crippen molar-refractivity contribution in [3.63, 3.8) is 0 Å². The summed E-state index contributed by atoms with van der Waals surface area (Å²) in [7, 11) is 0. The largest absolute Gasteiger partial charge is 0.366 e. The average molecular weight is 442 g/mol. The number of primary amides is 1. The number of nitrogens with zero attached hydrogens (tertiary/aromatic N) is 2. The topological polar surface area (TPSA) is 90.0 Å². The fourth-order valence-electron chi connectivity index (χ4n) is 3.53. The minimum atomic E-state index is -0.907. The Hall–Kier alpha value is -4.26. The third-order valence-electron chi connectivity index (χ3n) is 5.46. The Morgan fingerprint density at radius 3 is 2.42 bits per heavy atom. The number of amides is 2. The number of aromatic nitrogens is 2. The number of halogens is 1. The fourth-order valence-corrected chi connectivity index (χ4v) is 3.53. The van der Waals surface area contributed by atoms with Gasteiger partial charge < -0.3 is 11.1 Å². The van der Waals surface area contributed by atoms with E-state index in [4.69, 9.17) is 10.8 Å². The molecule has 3 aromatic carbocycles. The maximum Gasteiger partial charge on any atom is 0.259 e. The predicted octanol–water partition coefficient (Wildman–Crippen LogP) is 4.71. The summed E-state index contributed by atoms with van der Waals surface area (Å²) >= 11 is 0. The minimum absolute atomic E-state index is 0.261. The van der Waals surface area contributed by atoms with Crippen molar-refractivity contribution >= 4 is 17.5 Å². The normalized spacial score (nSPS) is 10.8. The molecule has 1 aromatic heterocycles. The molecule has 2 amide bonds. The Balaban J connectivity index is 1.72. The molecule has 0 radical (unpaired) electrons. The van der Waals surface area contributed by atoms with E-state index in [0.717, 1.165) is 28.3 Å². The van der Waals surface area contributed by atoms with Crippen LogP contribution in [0, 0.1) is 19.7 Å². The van der Waals surface area contributed by atoms with Gasteiger partial charge in [0.05, 0.1) is 17.7 Å². The lowest BCUT2D eigenvalue weighted by atomic mass is 10.0. The lowest BCUT2D eigenvalue weighted by molar-refractivity contribution is 0.0992. The zero-order chi connectivity index (χ0) is 23.5. The molecule has 0 aliphatic carbocycles. The lowest BCUT2D eigenvalue weighted by Crippen LogP contribution is -2.16. The first-order valence-electron chi connectivity index (χ1n) is 10.4. The Labute approximate surface area is 190 Å². The van der Waals surface area contributed by atoms with Crippen LogP contribution in [0.3, 0.4) is 0 Å². The molecule has 6 nitrogen and oxygen atoms in total. The molecule has 0 saturated carbocycles. The van der Waals surface area contributed by atoms with E-state index in [9.17, 15) is 14.0 Å². The third kappa shape index (κ3) is 4.82. The summed E-state index contributed by atoms with van der Waals surface area (Å²) in [6, 6.07) is 19.4. The van der Waals surface area contributed by atoms with E-state index >= 15 is 0 Å². The van der Waals surface area contributed by atoms with Gasteiger partial charge in [-0.3, -0.25) is 14.3 Å². The summed E-state index contributed by atoms with van der Waals surface area (Å²) in [4.78, 5) is 24.7. The Morgan fingerprint density at radius 1 is 0.970 bits per heavy atom. The van der Waals surface area contributed by atoms with E-state index in [1.807, 2.05) is 62.4 Å². The van der Waals surface area contributed by atoms with Crippen molar-refractivity contribution in [2.45, 2.75) is 20.4 Å². The van der Waals surface area contributed by atoms with Crippen LogP contribution in [-0.4, -0.2) is 21.6 Å². The Bertz CT molecular complexity index is 1350. The highest BCUT2D eigenvalue weighted by Gasteiger charge is 2.20. The zero-order valence-corrected chi connectivity index (χ0v) is 18.3. The number of carbonyl (C=O) groups is 2. The molecular weight excluding hydrogens is 419 g/mol. The summed E-state index contributed by atoms with van der Waals surface area (Å²) in [5.74, 6) is -2.08. The van der Waals surface area contributed by atoms with E-state index in [-0.39, 0.29) is 11.3 Å². The van der Waals surface area contributed by atoms with Crippen molar-refractivity contribution < 1.29 is 14.0 Å². The highest BCUT2D eigenvalue weighted by Crippen LogP contribution is 2.26. The molecule has 0 fully saturated rings. The van der Waals surface area contributed by atoms with Gasteiger partial charge in [0, 0.05) is 17.4 Å². The molecule has 1 heterocycles. The van der Waals surface area contributed by atoms with Crippen molar-refractivity contribution in [3.8, 4) is 11.3 Å². The highest BCUT2D eigenvalue weighted by atomic mass is 19.1. The SMILES string of the molecule is Cc1ccc(-c2nn(Cc3ccccc3)cc2C(=O)Nc2ccc(F)c(C(N)=O)c2)cc1C. The van der Waals surface area contributed by atoms with E-state index in [0.29, 0.717) is 17.8 Å². The highest BCUT2D eigenvalue weighted by molar-refractivity contribution is 6.08. The average Bonchev–Trinajstić information content (AvgIpc) is 3.21. The van der Waals surface area contributed by atoms with E-state index in [1.165, 1.54) is 12.1 Å². The molecule has 0 unspecified atom stereocenters. The van der Waals surface area contributed by atoms with Crippen LogP contribution in [0.25, 0.3) is 11.3 Å². The quantitative estimate of drug-likeness (QED) is 0.453. The number of carbonyl (C=O) groups excluding carboxylic acids is 2. The number of hydrogen-bond acceptors (Lipinski definition) is 3. The maximum absolute atomic E-state index is 13.8. The van der Waals surface area contributed by atoms with Gasteiger partial charge in [0.25, 0.3) is 11.8 Å². The van der Waals surface area contributed by atoms with Gasteiger partial charge in [0.15, 0.2) is 0 Å². The molecule has 0 bridgehead atoms. The molecule has 4 aromatic rings. The molecule has 166 valence electrons. The second-order valence-corrected chi connectivity index (χ2v) is 7.89. The monoisotopic (exact) mass is 442 g/mol. The smallest absolute Gasteiger partial charge is 0.259 e. The van der Waals surface area contributed by atoms with Gasteiger partial charge in [-0.25, -0.2) is 4.39 Å². The second-order valence-electron chi connectivity index (χ2n) is 7.89. The minimum Gasteiger partial charge on any atom is -0.366 e. The number of rotatable bonds is 6. The van der Waals surface area contributed by atoms with Gasteiger partial charge in [-0.05, 0) is 54.8 Å². The summed E-state index contributed by atoms with van der Waals surface area (Å²) in [6.45, 7) is 4.52. The second kappa shape index (κ2) is 9.08. The van der Waals surface area contributed by atoms with Crippen molar-refractivity contribution in [2.24, 2.45) is 5.73 Å². The first kappa shape index (κ1) is 22.0. The van der Waals surface area contributed by atoms with Crippen molar-refractivity contribution in [2.75, 3.05) is 5.32 Å². The van der Waals surface area contributed by atoms with Gasteiger partial charge in [-0.15, -0.1) is 0 Å². The molecule has 3 N–H and O–H groups in total. The number of nitrogens with two attached hydrogens (primary N) is 1. The van der Waals surface area contributed by atoms with Crippen molar-refractivity contribution in [1.29, 1.82) is 0 Å². The van der Waals surface area contributed by atoms with Gasteiger partial charge in [-0.2, -0.15) is 5.10 Å². The number of benzene rings is 3. The molecule has 0 aliphatic rings. The first-order chi connectivity index (χ1) is 15.8. The van der Waals surface area contributed by atoms with E-state index in [1.54, 1.807) is 10.9 Å². The van der Waals surface area contributed by atoms with Crippen molar-refractivity contribution in [1.82, 2.24) is 9.78 Å². The van der Waals surface area contributed by atoms with Crippen LogP contribution in [0.15, 0.2) is 72.9 Å². The molecule has 0 saturated heterocycles. The molecule has 0 atom stereocenters. The predicted molar refractivity (Wildman–Crippen MR) is 126 cm³/mol. The molecule has 4 rings (SSSR count). The molecule has 0 spiro atoms. The number of aryl methyl sites for hydroxylation is 2. The van der Waals surface area contributed by atoms with Crippen LogP contribution in [0.2, 0.25) is 0 Å². The summed E-state index contributed by atoms with van der Waals surface area (Å²) in [6.07, 6.45) is 1.69. The van der Waals surface area contributed by atoms with Crippen molar-refractivity contribution in [3.05, 3.63) is 107 Å². The Morgan fingerprint density at radius 2 is 1.73 bits per heavy atom. The van der Waals surface area contributed by atoms with Gasteiger partial charge in [0.1, 0.15) is 11.5 Å². The Kier molecular flexibility index (Phi) is 6.04. The molecule has 33 heavy (non-hydrogen) atoms. The first-order valence-corrected chi connectivity index (χ1v) is 10.4. The number of nitrogens with one attached hydrogen (secondary N) is 1. The summed E-state index contributed by atoms with van der Waals surface area (Å²) in [5, 5.41) is 7.42. The van der Waals surface area contributed by atoms with Gasteiger partial charge in [-0.1, -0.05) is 42.5 Å². The lowest BCUT2D eigenvalue weighted by Gasteiger charge is -2.08. The standard InChI is InChI=1S/C26H23FN4O2/c1-16-8-9-19(12-17(16)2)24-22(15-31(30-24)14-18-6-4-3-5-7-18)26(33)29-20-10-11-23(27)21(13-20)25(28)32/h3-13,15H,14H2,1-2H3,(H2,28,32)(H,29,33). The number of hydrogen-bond donors (Lipinski definition) is 2. The summed E-state index contributed by atoms with van der Waals surface area (Å²) < 4.78 is 15.5. The van der Waals surface area contributed by atoms with Crippen LogP contribution in [0.4, 0.5) is 10.1 Å².